The van der Waals surface area contributed by atoms with E-state index >= 15 is 0 Å². The van der Waals surface area contributed by atoms with Crippen LogP contribution in [0.1, 0.15) is 12.5 Å². The van der Waals surface area contributed by atoms with E-state index in [2.05, 4.69) is 53.3 Å². The Labute approximate surface area is 156 Å². The van der Waals surface area contributed by atoms with Gasteiger partial charge in [-0.2, -0.15) is 0 Å². The summed E-state index contributed by atoms with van der Waals surface area (Å²) in [6.45, 7) is 4.73. The van der Waals surface area contributed by atoms with E-state index in [-0.39, 0.29) is 0 Å². The average molecular weight is 364 g/mol. The summed E-state index contributed by atoms with van der Waals surface area (Å²) < 4.78 is 11.1. The Morgan fingerprint density at radius 2 is 2.04 bits per heavy atom. The fourth-order valence-corrected chi connectivity index (χ4v) is 3.78. The number of ether oxygens (including phenoxy) is 1. The monoisotopic (exact) mass is 364 g/mol. The molecule has 4 nitrogen and oxygen atoms in total. The normalized spacial score (nSPS) is 11.3. The number of benzene rings is 2. The van der Waals surface area contributed by atoms with Crippen LogP contribution in [0.3, 0.4) is 0 Å². The molecular weight excluding hydrogens is 344 g/mol. The van der Waals surface area contributed by atoms with E-state index in [0.717, 1.165) is 49.3 Å². The van der Waals surface area contributed by atoms with E-state index in [1.54, 1.807) is 7.11 Å². The minimum Gasteiger partial charge on any atom is -0.495 e. The number of H-pyrrole nitrogens is 1. The number of fused-ring (bicyclic) bond motifs is 3. The maximum absolute atomic E-state index is 5.57. The van der Waals surface area contributed by atoms with E-state index in [0.29, 0.717) is 6.61 Å². The fraction of sp³-hybridized carbons (Fsp3) is 0.190. The SMILES string of the molecule is CCOSc1cccc(-c2ccc(OC)c3[nH]c4ncc(C)cc4c23)c1. The molecule has 0 unspecified atom stereocenters. The summed E-state index contributed by atoms with van der Waals surface area (Å²) in [4.78, 5) is 9.05. The van der Waals surface area contributed by atoms with Crippen LogP contribution in [0.4, 0.5) is 0 Å². The molecule has 0 amide bonds. The summed E-state index contributed by atoms with van der Waals surface area (Å²) in [5.74, 6) is 0.819. The van der Waals surface area contributed by atoms with Crippen LogP contribution in [0.2, 0.25) is 0 Å². The van der Waals surface area contributed by atoms with Crippen molar-refractivity contribution in [3.8, 4) is 16.9 Å². The third kappa shape index (κ3) is 2.93. The Balaban J connectivity index is 1.98. The van der Waals surface area contributed by atoms with Crippen LogP contribution in [0, 0.1) is 6.92 Å². The number of pyridine rings is 1. The third-order valence-electron chi connectivity index (χ3n) is 4.34. The molecular formula is C21H20N2O2S. The number of aryl methyl sites for hydroxylation is 1. The number of hydrogen-bond acceptors (Lipinski definition) is 4. The lowest BCUT2D eigenvalue weighted by Crippen LogP contribution is -1.87. The first-order valence-corrected chi connectivity index (χ1v) is 9.30. The molecule has 0 saturated heterocycles. The highest BCUT2D eigenvalue weighted by molar-refractivity contribution is 7.94. The topological polar surface area (TPSA) is 47.1 Å². The zero-order valence-electron chi connectivity index (χ0n) is 15.0. The molecule has 0 bridgehead atoms. The van der Waals surface area contributed by atoms with Crippen LogP contribution in [-0.2, 0) is 4.18 Å². The van der Waals surface area contributed by atoms with Gasteiger partial charge in [-0.05, 0) is 60.9 Å². The number of hydrogen-bond donors (Lipinski definition) is 1. The molecule has 1 N–H and O–H groups in total. The molecule has 2 aromatic carbocycles. The summed E-state index contributed by atoms with van der Waals surface area (Å²) >= 11 is 1.41. The number of nitrogens with zero attached hydrogens (tertiary/aromatic N) is 1. The maximum Gasteiger partial charge on any atom is 0.143 e. The average Bonchev–Trinajstić information content (AvgIpc) is 3.04. The van der Waals surface area contributed by atoms with Crippen LogP contribution in [0.25, 0.3) is 33.1 Å². The van der Waals surface area contributed by atoms with Crippen LogP contribution in [0.15, 0.2) is 53.6 Å². The van der Waals surface area contributed by atoms with Gasteiger partial charge in [0.05, 0.1) is 19.2 Å². The lowest BCUT2D eigenvalue weighted by Gasteiger charge is -2.09. The molecule has 0 saturated carbocycles. The predicted molar refractivity (Wildman–Crippen MR) is 108 cm³/mol. The summed E-state index contributed by atoms with van der Waals surface area (Å²) in [6.07, 6.45) is 1.88. The zero-order chi connectivity index (χ0) is 18.1. The van der Waals surface area contributed by atoms with Crippen molar-refractivity contribution in [2.24, 2.45) is 0 Å². The second-order valence-electron chi connectivity index (χ2n) is 6.12. The van der Waals surface area contributed by atoms with Crippen molar-refractivity contribution in [3.05, 3.63) is 54.2 Å². The first-order valence-electron chi connectivity index (χ1n) is 8.56. The fourth-order valence-electron chi connectivity index (χ4n) is 3.22. The summed E-state index contributed by atoms with van der Waals surface area (Å²) in [5, 5.41) is 2.24. The van der Waals surface area contributed by atoms with Gasteiger partial charge in [-0.3, -0.25) is 0 Å². The highest BCUT2D eigenvalue weighted by Crippen LogP contribution is 2.39. The van der Waals surface area contributed by atoms with Crippen molar-refractivity contribution in [1.29, 1.82) is 0 Å². The number of aromatic amines is 1. The minimum atomic E-state index is 0.676. The van der Waals surface area contributed by atoms with Gasteiger partial charge in [0.1, 0.15) is 11.4 Å². The van der Waals surface area contributed by atoms with E-state index in [1.165, 1.54) is 12.0 Å². The number of nitrogens with one attached hydrogen (secondary N) is 1. The lowest BCUT2D eigenvalue weighted by molar-refractivity contribution is 0.402. The minimum absolute atomic E-state index is 0.676. The standard InChI is InChI=1S/C21H20N2O2S/c1-4-25-26-15-7-5-6-14(11-15)16-8-9-18(24-3)20-19(16)17-10-13(2)12-22-21(17)23-20/h5-12H,4H2,1-3H3,(H,22,23). The van der Waals surface area contributed by atoms with Crippen molar-refractivity contribution in [2.45, 2.75) is 18.7 Å². The van der Waals surface area contributed by atoms with E-state index < -0.39 is 0 Å². The highest BCUT2D eigenvalue weighted by atomic mass is 32.2. The second-order valence-corrected chi connectivity index (χ2v) is 6.99. The Bertz CT molecular complexity index is 1090. The van der Waals surface area contributed by atoms with Gasteiger partial charge in [-0.1, -0.05) is 12.1 Å². The quantitative estimate of drug-likeness (QED) is 0.459. The molecule has 4 aromatic rings. The van der Waals surface area contributed by atoms with Gasteiger partial charge in [0.15, 0.2) is 0 Å². The van der Waals surface area contributed by atoms with Crippen molar-refractivity contribution in [3.63, 3.8) is 0 Å². The first kappa shape index (κ1) is 16.9. The lowest BCUT2D eigenvalue weighted by atomic mass is 9.99. The Morgan fingerprint density at radius 1 is 1.15 bits per heavy atom. The van der Waals surface area contributed by atoms with Crippen molar-refractivity contribution in [2.75, 3.05) is 13.7 Å². The molecule has 4 rings (SSSR count). The third-order valence-corrected chi connectivity index (χ3v) is 5.14. The summed E-state index contributed by atoms with van der Waals surface area (Å²) in [7, 11) is 1.69. The maximum atomic E-state index is 5.57. The van der Waals surface area contributed by atoms with Crippen LogP contribution in [0.5, 0.6) is 5.75 Å². The number of methoxy groups -OCH3 is 1. The van der Waals surface area contributed by atoms with Crippen LogP contribution >= 0.6 is 12.0 Å². The van der Waals surface area contributed by atoms with E-state index in [1.807, 2.05) is 19.2 Å². The molecule has 2 heterocycles. The smallest absolute Gasteiger partial charge is 0.143 e. The predicted octanol–water partition coefficient (Wildman–Crippen LogP) is 5.74. The van der Waals surface area contributed by atoms with Gasteiger partial charge < -0.3 is 13.9 Å². The molecule has 26 heavy (non-hydrogen) atoms. The first-order chi connectivity index (χ1) is 12.7. The molecule has 132 valence electrons. The number of aromatic nitrogens is 2. The molecule has 0 aliphatic heterocycles. The molecule has 5 heteroatoms. The van der Waals surface area contributed by atoms with E-state index in [4.69, 9.17) is 8.92 Å². The largest absolute Gasteiger partial charge is 0.495 e. The Kier molecular flexibility index (Phi) is 4.57. The summed E-state index contributed by atoms with van der Waals surface area (Å²) in [5.41, 5.74) is 5.27. The van der Waals surface area contributed by atoms with E-state index in [9.17, 15) is 0 Å². The molecule has 2 aromatic heterocycles. The van der Waals surface area contributed by atoms with Crippen molar-refractivity contribution < 1.29 is 8.92 Å². The van der Waals surface area contributed by atoms with Crippen LogP contribution < -0.4 is 4.74 Å². The molecule has 0 atom stereocenters. The Morgan fingerprint density at radius 3 is 2.85 bits per heavy atom. The molecule has 0 fully saturated rings. The van der Waals surface area contributed by atoms with Crippen LogP contribution in [-0.4, -0.2) is 23.7 Å². The molecule has 0 radical (unpaired) electrons. The van der Waals surface area contributed by atoms with Gasteiger partial charge in [-0.15, -0.1) is 0 Å². The molecule has 0 spiro atoms. The van der Waals surface area contributed by atoms with Gasteiger partial charge in [0, 0.05) is 33.9 Å². The molecule has 0 aliphatic carbocycles. The van der Waals surface area contributed by atoms with Gasteiger partial charge in [-0.25, -0.2) is 4.98 Å². The molecule has 0 aliphatic rings. The van der Waals surface area contributed by atoms with Crippen molar-refractivity contribution >= 4 is 34.0 Å². The second kappa shape index (κ2) is 7.02. The Hall–Kier alpha value is -2.50. The number of rotatable bonds is 5. The highest BCUT2D eigenvalue weighted by Gasteiger charge is 2.15. The van der Waals surface area contributed by atoms with Crippen molar-refractivity contribution in [1.82, 2.24) is 9.97 Å². The zero-order valence-corrected chi connectivity index (χ0v) is 15.8. The summed E-state index contributed by atoms with van der Waals surface area (Å²) in [6, 6.07) is 14.7. The van der Waals surface area contributed by atoms with Gasteiger partial charge >= 0.3 is 0 Å². The van der Waals surface area contributed by atoms with Gasteiger partial charge in [0.2, 0.25) is 0 Å². The van der Waals surface area contributed by atoms with Gasteiger partial charge in [0.25, 0.3) is 0 Å².